The standard InChI is InChI=1S/C30H28BNO3/c1-32(2)20-21-33-27-18-14-25(15-19-27)28(22-23-8-4-3-5-9-23)24-12-16-26(17-13-24)31-34-29-10-6-7-11-30(29)35-31/h3-19,22H,20-21H2,1-2H3. The van der Waals surface area contributed by atoms with E-state index >= 15 is 0 Å². The van der Waals surface area contributed by atoms with Crippen molar-refractivity contribution in [3.63, 3.8) is 0 Å². The van der Waals surface area contributed by atoms with Crippen LogP contribution < -0.4 is 19.5 Å². The highest BCUT2D eigenvalue weighted by Crippen LogP contribution is 2.33. The summed E-state index contributed by atoms with van der Waals surface area (Å²) in [5.74, 6) is 2.43. The van der Waals surface area contributed by atoms with Crippen LogP contribution in [0.4, 0.5) is 0 Å². The fourth-order valence-electron chi connectivity index (χ4n) is 3.98. The maximum atomic E-state index is 5.98. The highest BCUT2D eigenvalue weighted by Gasteiger charge is 2.33. The number of ether oxygens (including phenoxy) is 1. The van der Waals surface area contributed by atoms with Crippen LogP contribution in [0.15, 0.2) is 103 Å². The van der Waals surface area contributed by atoms with Gasteiger partial charge in [0, 0.05) is 12.0 Å². The molecule has 1 aliphatic heterocycles. The third-order valence-electron chi connectivity index (χ3n) is 5.89. The van der Waals surface area contributed by atoms with Crippen LogP contribution in [0.5, 0.6) is 17.2 Å². The van der Waals surface area contributed by atoms with Crippen molar-refractivity contribution in [3.8, 4) is 17.2 Å². The zero-order valence-corrected chi connectivity index (χ0v) is 20.1. The molecule has 1 heterocycles. The molecule has 0 bridgehead atoms. The molecule has 0 radical (unpaired) electrons. The van der Waals surface area contributed by atoms with Gasteiger partial charge in [-0.05, 0) is 66.7 Å². The molecule has 0 saturated carbocycles. The minimum absolute atomic E-state index is 0.429. The van der Waals surface area contributed by atoms with E-state index in [9.17, 15) is 0 Å². The van der Waals surface area contributed by atoms with Crippen LogP contribution in [0.25, 0.3) is 11.6 Å². The van der Waals surface area contributed by atoms with E-state index in [1.807, 2.05) is 56.6 Å². The molecule has 0 atom stereocenters. The van der Waals surface area contributed by atoms with Gasteiger partial charge in [0.2, 0.25) is 0 Å². The molecule has 1 aliphatic rings. The van der Waals surface area contributed by atoms with Crippen molar-refractivity contribution < 1.29 is 14.0 Å². The van der Waals surface area contributed by atoms with Gasteiger partial charge in [0.25, 0.3) is 0 Å². The summed E-state index contributed by atoms with van der Waals surface area (Å²) in [4.78, 5) is 2.11. The normalized spacial score (nSPS) is 12.8. The number of rotatable bonds is 8. The molecule has 0 aliphatic carbocycles. The molecule has 0 fully saturated rings. The third-order valence-corrected chi connectivity index (χ3v) is 5.89. The van der Waals surface area contributed by atoms with Crippen LogP contribution in [0.2, 0.25) is 0 Å². The van der Waals surface area contributed by atoms with Gasteiger partial charge in [0.1, 0.15) is 23.9 Å². The van der Waals surface area contributed by atoms with Crippen molar-refractivity contribution in [1.29, 1.82) is 0 Å². The van der Waals surface area contributed by atoms with E-state index in [1.165, 1.54) is 0 Å². The lowest BCUT2D eigenvalue weighted by molar-refractivity contribution is 0.261. The Bertz CT molecular complexity index is 1260. The summed E-state index contributed by atoms with van der Waals surface area (Å²) in [6.45, 7) is 1.54. The second-order valence-electron chi connectivity index (χ2n) is 8.78. The van der Waals surface area contributed by atoms with Crippen LogP contribution in [-0.4, -0.2) is 39.3 Å². The lowest BCUT2D eigenvalue weighted by Gasteiger charge is -2.13. The van der Waals surface area contributed by atoms with Crippen LogP contribution in [0.3, 0.4) is 0 Å². The van der Waals surface area contributed by atoms with Crippen molar-refractivity contribution in [1.82, 2.24) is 4.90 Å². The van der Waals surface area contributed by atoms with Crippen molar-refractivity contribution in [2.24, 2.45) is 0 Å². The van der Waals surface area contributed by atoms with Gasteiger partial charge >= 0.3 is 7.12 Å². The summed E-state index contributed by atoms with van der Waals surface area (Å²) in [7, 11) is 3.66. The minimum atomic E-state index is -0.429. The predicted molar refractivity (Wildman–Crippen MR) is 143 cm³/mol. The highest BCUT2D eigenvalue weighted by atomic mass is 16.6. The fourth-order valence-corrected chi connectivity index (χ4v) is 3.98. The molecule has 174 valence electrons. The van der Waals surface area contributed by atoms with Gasteiger partial charge in [-0.3, -0.25) is 0 Å². The van der Waals surface area contributed by atoms with E-state index in [1.54, 1.807) is 0 Å². The highest BCUT2D eigenvalue weighted by molar-refractivity contribution is 6.63. The van der Waals surface area contributed by atoms with E-state index in [0.29, 0.717) is 6.61 Å². The van der Waals surface area contributed by atoms with Gasteiger partial charge in [0.05, 0.1) is 0 Å². The predicted octanol–water partition coefficient (Wildman–Crippen LogP) is 5.38. The van der Waals surface area contributed by atoms with Crippen LogP contribution in [0.1, 0.15) is 16.7 Å². The fraction of sp³-hybridized carbons (Fsp3) is 0.133. The first-order valence-corrected chi connectivity index (χ1v) is 11.8. The van der Waals surface area contributed by atoms with Crippen molar-refractivity contribution in [3.05, 3.63) is 120 Å². The number of hydrogen-bond donors (Lipinski definition) is 0. The summed E-state index contributed by atoms with van der Waals surface area (Å²) in [6, 6.07) is 34.8. The van der Waals surface area contributed by atoms with Crippen LogP contribution >= 0.6 is 0 Å². The Balaban J connectivity index is 1.39. The summed E-state index contributed by atoms with van der Waals surface area (Å²) in [5.41, 5.74) is 5.51. The van der Waals surface area contributed by atoms with Gasteiger partial charge in [-0.2, -0.15) is 0 Å². The largest absolute Gasteiger partial charge is 0.632 e. The van der Waals surface area contributed by atoms with Gasteiger partial charge in [-0.25, -0.2) is 0 Å². The number of hydrogen-bond acceptors (Lipinski definition) is 4. The molecule has 5 heteroatoms. The number of para-hydroxylation sites is 2. The van der Waals surface area contributed by atoms with Gasteiger partial charge in [-0.1, -0.05) is 78.9 Å². The number of benzene rings is 4. The van der Waals surface area contributed by atoms with Crippen LogP contribution in [0, 0.1) is 0 Å². The molecule has 0 N–H and O–H groups in total. The third kappa shape index (κ3) is 5.59. The smallest absolute Gasteiger partial charge is 0.519 e. The molecule has 0 aromatic heterocycles. The molecule has 0 unspecified atom stereocenters. The first-order chi connectivity index (χ1) is 17.2. The lowest BCUT2D eigenvalue weighted by Crippen LogP contribution is -2.38. The summed E-state index contributed by atoms with van der Waals surface area (Å²) >= 11 is 0. The number of nitrogens with zero attached hydrogens (tertiary/aromatic N) is 1. The van der Waals surface area contributed by atoms with Gasteiger partial charge < -0.3 is 18.9 Å². The topological polar surface area (TPSA) is 30.9 Å². The van der Waals surface area contributed by atoms with E-state index < -0.39 is 7.12 Å². The first kappa shape index (κ1) is 22.8. The van der Waals surface area contributed by atoms with Gasteiger partial charge in [0.15, 0.2) is 0 Å². The Hall–Kier alpha value is -3.96. The zero-order chi connectivity index (χ0) is 24.0. The van der Waals surface area contributed by atoms with Crippen LogP contribution in [-0.2, 0) is 0 Å². The number of fused-ring (bicyclic) bond motifs is 1. The van der Waals surface area contributed by atoms with Crippen molar-refractivity contribution >= 4 is 24.2 Å². The second-order valence-corrected chi connectivity index (χ2v) is 8.78. The summed E-state index contributed by atoms with van der Waals surface area (Å²) in [6.07, 6.45) is 2.22. The molecule has 4 nitrogen and oxygen atoms in total. The average molecular weight is 461 g/mol. The van der Waals surface area contributed by atoms with E-state index in [0.717, 1.165) is 51.5 Å². The molecule has 5 rings (SSSR count). The maximum Gasteiger partial charge on any atom is 0.632 e. The molecule has 0 amide bonds. The van der Waals surface area contributed by atoms with Crippen molar-refractivity contribution in [2.75, 3.05) is 27.2 Å². The summed E-state index contributed by atoms with van der Waals surface area (Å²) < 4.78 is 17.8. The Morgan fingerprint density at radius 3 is 1.91 bits per heavy atom. The quantitative estimate of drug-likeness (QED) is 0.260. The molecule has 4 aromatic rings. The summed E-state index contributed by atoms with van der Waals surface area (Å²) in [5, 5.41) is 0. The maximum absolute atomic E-state index is 5.98. The lowest BCUT2D eigenvalue weighted by atomic mass is 9.78. The van der Waals surface area contributed by atoms with Gasteiger partial charge in [-0.15, -0.1) is 0 Å². The van der Waals surface area contributed by atoms with E-state index in [4.69, 9.17) is 14.0 Å². The van der Waals surface area contributed by atoms with E-state index in [2.05, 4.69) is 71.6 Å². The average Bonchev–Trinajstić information content (AvgIpc) is 3.33. The molecule has 0 saturated heterocycles. The molecule has 35 heavy (non-hydrogen) atoms. The Labute approximate surface area is 207 Å². The SMILES string of the molecule is CN(C)CCOc1ccc(C(=Cc2ccccc2)c2ccc(B3Oc4ccccc4O3)cc2)cc1. The Morgan fingerprint density at radius 2 is 1.31 bits per heavy atom. The Morgan fingerprint density at radius 1 is 0.743 bits per heavy atom. The van der Waals surface area contributed by atoms with E-state index in [-0.39, 0.29) is 0 Å². The minimum Gasteiger partial charge on any atom is -0.519 e. The Kier molecular flexibility index (Phi) is 6.87. The zero-order valence-electron chi connectivity index (χ0n) is 20.1. The molecular formula is C30H28BNO3. The second kappa shape index (κ2) is 10.5. The number of likely N-dealkylation sites (N-methyl/N-ethyl adjacent to an activating group) is 1. The molecule has 0 spiro atoms. The molecule has 4 aromatic carbocycles. The molecular weight excluding hydrogens is 433 g/mol. The van der Waals surface area contributed by atoms with Crippen molar-refractivity contribution in [2.45, 2.75) is 0 Å². The first-order valence-electron chi connectivity index (χ1n) is 11.8. The monoisotopic (exact) mass is 461 g/mol.